The maximum atomic E-state index is 12.3. The molecule has 0 saturated carbocycles. The fourth-order valence-corrected chi connectivity index (χ4v) is 4.72. The van der Waals surface area contributed by atoms with Crippen LogP contribution < -0.4 is 4.72 Å². The molecule has 0 bridgehead atoms. The first-order valence-electron chi connectivity index (χ1n) is 5.43. The minimum atomic E-state index is -3.94. The van der Waals surface area contributed by atoms with Gasteiger partial charge in [-0.25, -0.2) is 8.42 Å². The van der Waals surface area contributed by atoms with Gasteiger partial charge in [0.15, 0.2) is 4.34 Å². The Morgan fingerprint density at radius 3 is 2.62 bits per heavy atom. The molecule has 112 valence electrons. The number of sulfonamides is 1. The molecular formula is C11H8BrClN2O4S2. The van der Waals surface area contributed by atoms with Crippen LogP contribution in [0.4, 0.5) is 11.4 Å². The zero-order valence-electron chi connectivity index (χ0n) is 10.5. The summed E-state index contributed by atoms with van der Waals surface area (Å²) in [7, 11) is -3.94. The number of nitro groups is 1. The van der Waals surface area contributed by atoms with Crippen LogP contribution in [0.25, 0.3) is 0 Å². The zero-order valence-corrected chi connectivity index (χ0v) is 14.4. The fraction of sp³-hybridized carbons (Fsp3) is 0.0909. The Morgan fingerprint density at radius 2 is 2.05 bits per heavy atom. The van der Waals surface area contributed by atoms with Crippen LogP contribution in [-0.2, 0) is 10.0 Å². The van der Waals surface area contributed by atoms with Gasteiger partial charge in [0, 0.05) is 10.5 Å². The largest absolute Gasteiger partial charge is 0.300 e. The number of thiophene rings is 1. The van der Waals surface area contributed by atoms with Gasteiger partial charge in [0.05, 0.1) is 10.6 Å². The molecule has 1 aromatic carbocycles. The molecule has 1 heterocycles. The normalized spacial score (nSPS) is 11.4. The maximum Gasteiger partial charge on any atom is 0.300 e. The van der Waals surface area contributed by atoms with Crippen LogP contribution in [-0.4, -0.2) is 13.3 Å². The molecule has 0 amide bonds. The smallest absolute Gasteiger partial charge is 0.278 e. The van der Waals surface area contributed by atoms with Gasteiger partial charge in [0.2, 0.25) is 0 Å². The number of aryl methyl sites for hydroxylation is 1. The SMILES string of the molecule is Cc1ccc(Br)c(NS(=O)(=O)c2cc([N+](=O)[O-])c(Cl)s2)c1. The molecule has 0 aliphatic rings. The first-order valence-corrected chi connectivity index (χ1v) is 8.90. The highest BCUT2D eigenvalue weighted by Gasteiger charge is 2.25. The Balaban J connectivity index is 2.41. The highest BCUT2D eigenvalue weighted by Crippen LogP contribution is 2.37. The highest BCUT2D eigenvalue weighted by atomic mass is 79.9. The molecule has 2 aromatic rings. The first-order chi connectivity index (χ1) is 9.70. The lowest BCUT2D eigenvalue weighted by Crippen LogP contribution is -2.12. The number of hydrogen-bond donors (Lipinski definition) is 1. The monoisotopic (exact) mass is 410 g/mol. The van der Waals surface area contributed by atoms with Crippen LogP contribution in [0.5, 0.6) is 0 Å². The summed E-state index contributed by atoms with van der Waals surface area (Å²) < 4.78 is 27.1. The van der Waals surface area contributed by atoms with E-state index in [2.05, 4.69) is 20.7 Å². The molecular weight excluding hydrogens is 404 g/mol. The lowest BCUT2D eigenvalue weighted by molar-refractivity contribution is -0.384. The van der Waals surface area contributed by atoms with Gasteiger partial charge in [0.25, 0.3) is 15.7 Å². The average molecular weight is 412 g/mol. The standard InChI is InChI=1S/C11H8BrClN2O4S2/c1-6-2-3-7(12)8(4-6)14-21(18,19)10-5-9(15(16)17)11(13)20-10/h2-5,14H,1H3. The average Bonchev–Trinajstić information content (AvgIpc) is 2.77. The Hall–Kier alpha value is -1.16. The van der Waals surface area contributed by atoms with Gasteiger partial charge in [-0.2, -0.15) is 0 Å². The molecule has 2 rings (SSSR count). The molecule has 0 fully saturated rings. The van der Waals surface area contributed by atoms with E-state index in [4.69, 9.17) is 11.6 Å². The molecule has 1 aromatic heterocycles. The Kier molecular flexibility index (Phi) is 4.57. The lowest BCUT2D eigenvalue weighted by atomic mass is 10.2. The van der Waals surface area contributed by atoms with Crippen LogP contribution in [0, 0.1) is 17.0 Å². The third-order valence-corrected chi connectivity index (χ3v) is 6.34. The van der Waals surface area contributed by atoms with E-state index in [0.717, 1.165) is 11.6 Å². The molecule has 0 atom stereocenters. The van der Waals surface area contributed by atoms with Crippen molar-refractivity contribution in [3.63, 3.8) is 0 Å². The molecule has 0 radical (unpaired) electrons. The van der Waals surface area contributed by atoms with Crippen molar-refractivity contribution in [1.82, 2.24) is 0 Å². The predicted octanol–water partition coefficient (Wildman–Crippen LogP) is 4.18. The molecule has 6 nitrogen and oxygen atoms in total. The van der Waals surface area contributed by atoms with E-state index in [-0.39, 0.29) is 8.55 Å². The highest BCUT2D eigenvalue weighted by molar-refractivity contribution is 9.10. The van der Waals surface area contributed by atoms with Gasteiger partial charge in [-0.3, -0.25) is 14.8 Å². The number of benzene rings is 1. The van der Waals surface area contributed by atoms with Gasteiger partial charge in [0.1, 0.15) is 4.21 Å². The van der Waals surface area contributed by atoms with Gasteiger partial charge < -0.3 is 0 Å². The number of rotatable bonds is 4. The summed E-state index contributed by atoms with van der Waals surface area (Å²) >= 11 is 9.56. The molecule has 0 unspecified atom stereocenters. The predicted molar refractivity (Wildman–Crippen MR) is 85.7 cm³/mol. The van der Waals surface area contributed by atoms with Crippen molar-refractivity contribution in [1.29, 1.82) is 0 Å². The second-order valence-corrected chi connectivity index (χ2v) is 8.49. The van der Waals surface area contributed by atoms with Crippen LogP contribution in [0.1, 0.15) is 5.56 Å². The summed E-state index contributed by atoms with van der Waals surface area (Å²) in [5.41, 5.74) is 0.790. The Morgan fingerprint density at radius 1 is 1.38 bits per heavy atom. The number of nitrogens with one attached hydrogen (secondary N) is 1. The van der Waals surface area contributed by atoms with Crippen molar-refractivity contribution in [2.45, 2.75) is 11.1 Å². The van der Waals surface area contributed by atoms with Gasteiger partial charge in [-0.05, 0) is 40.5 Å². The maximum absolute atomic E-state index is 12.3. The fourth-order valence-electron chi connectivity index (χ4n) is 1.51. The van der Waals surface area contributed by atoms with Crippen molar-refractivity contribution in [2.75, 3.05) is 4.72 Å². The quantitative estimate of drug-likeness (QED) is 0.603. The minimum absolute atomic E-state index is 0.177. The Bertz CT molecular complexity index is 820. The van der Waals surface area contributed by atoms with Crippen molar-refractivity contribution >= 4 is 60.3 Å². The minimum Gasteiger partial charge on any atom is -0.278 e. The van der Waals surface area contributed by atoms with E-state index >= 15 is 0 Å². The summed E-state index contributed by atoms with van der Waals surface area (Å²) in [5.74, 6) is 0. The number of anilines is 1. The van der Waals surface area contributed by atoms with Crippen LogP contribution in [0.15, 0.2) is 32.9 Å². The van der Waals surface area contributed by atoms with Crippen LogP contribution in [0.2, 0.25) is 4.34 Å². The van der Waals surface area contributed by atoms with E-state index in [0.29, 0.717) is 21.5 Å². The number of hydrogen-bond acceptors (Lipinski definition) is 5. The summed E-state index contributed by atoms with van der Waals surface area (Å²) in [6.07, 6.45) is 0. The van der Waals surface area contributed by atoms with Crippen LogP contribution >= 0.6 is 38.9 Å². The molecule has 0 spiro atoms. The van der Waals surface area contributed by atoms with Crippen LogP contribution in [0.3, 0.4) is 0 Å². The van der Waals surface area contributed by atoms with Crippen molar-refractivity contribution in [3.8, 4) is 0 Å². The summed E-state index contributed by atoms with van der Waals surface area (Å²) in [4.78, 5) is 10.0. The van der Waals surface area contributed by atoms with Crippen molar-refractivity contribution in [2.24, 2.45) is 0 Å². The van der Waals surface area contributed by atoms with Crippen molar-refractivity contribution in [3.05, 3.63) is 48.8 Å². The lowest BCUT2D eigenvalue weighted by Gasteiger charge is -2.08. The molecule has 1 N–H and O–H groups in total. The van der Waals surface area contributed by atoms with E-state index in [1.54, 1.807) is 12.1 Å². The first kappa shape index (κ1) is 16.2. The van der Waals surface area contributed by atoms with Gasteiger partial charge in [-0.15, -0.1) is 11.3 Å². The van der Waals surface area contributed by atoms with Crippen molar-refractivity contribution < 1.29 is 13.3 Å². The third kappa shape index (κ3) is 3.54. The van der Waals surface area contributed by atoms with E-state index < -0.39 is 20.6 Å². The zero-order chi connectivity index (χ0) is 15.8. The number of halogens is 2. The topological polar surface area (TPSA) is 89.3 Å². The Labute approximate surface area is 138 Å². The third-order valence-electron chi connectivity index (χ3n) is 2.47. The van der Waals surface area contributed by atoms with Gasteiger partial charge in [-0.1, -0.05) is 17.7 Å². The molecule has 21 heavy (non-hydrogen) atoms. The van der Waals surface area contributed by atoms with E-state index in [9.17, 15) is 18.5 Å². The molecule has 10 heteroatoms. The molecule has 0 aliphatic heterocycles. The number of nitrogens with zero attached hydrogens (tertiary/aromatic N) is 1. The summed E-state index contributed by atoms with van der Waals surface area (Å²) in [6.45, 7) is 1.82. The van der Waals surface area contributed by atoms with E-state index in [1.807, 2.05) is 13.0 Å². The summed E-state index contributed by atoms with van der Waals surface area (Å²) in [6, 6.07) is 6.11. The second kappa shape index (κ2) is 5.91. The van der Waals surface area contributed by atoms with E-state index in [1.165, 1.54) is 0 Å². The molecule has 0 saturated heterocycles. The van der Waals surface area contributed by atoms with Gasteiger partial charge >= 0.3 is 0 Å². The summed E-state index contributed by atoms with van der Waals surface area (Å²) in [5, 5.41) is 10.7. The molecule has 0 aliphatic carbocycles. The second-order valence-electron chi connectivity index (χ2n) is 4.07.